The number of hydrogen-bond acceptors (Lipinski definition) is 4. The van der Waals surface area contributed by atoms with Gasteiger partial charge in [0.1, 0.15) is 0 Å². The molecule has 28 heavy (non-hydrogen) atoms. The summed E-state index contributed by atoms with van der Waals surface area (Å²) in [4.78, 5) is 36.6. The van der Waals surface area contributed by atoms with Crippen LogP contribution >= 0.6 is 0 Å². The van der Waals surface area contributed by atoms with E-state index in [0.717, 1.165) is 17.7 Å². The molecule has 144 valence electrons. The fourth-order valence-corrected chi connectivity index (χ4v) is 3.04. The van der Waals surface area contributed by atoms with Crippen LogP contribution in [0.2, 0.25) is 0 Å². The van der Waals surface area contributed by atoms with E-state index in [-0.39, 0.29) is 30.3 Å². The van der Waals surface area contributed by atoms with Crippen LogP contribution in [0.3, 0.4) is 0 Å². The second-order valence-electron chi connectivity index (χ2n) is 6.43. The highest BCUT2D eigenvalue weighted by Gasteiger charge is 2.13. The lowest BCUT2D eigenvalue weighted by atomic mass is 10.1. The molecule has 7 nitrogen and oxygen atoms in total. The third-order valence-corrected chi connectivity index (χ3v) is 4.48. The molecular weight excluding hydrogens is 356 g/mol. The van der Waals surface area contributed by atoms with Crippen molar-refractivity contribution in [2.75, 3.05) is 11.9 Å². The van der Waals surface area contributed by atoms with E-state index in [0.29, 0.717) is 16.5 Å². The Hall–Kier alpha value is -3.48. The predicted molar refractivity (Wildman–Crippen MR) is 108 cm³/mol. The maximum Gasteiger partial charge on any atom is 0.274 e. The highest BCUT2D eigenvalue weighted by atomic mass is 16.2. The summed E-state index contributed by atoms with van der Waals surface area (Å²) < 4.78 is 1.22. The number of hydrogen-bond donors (Lipinski definition) is 2. The summed E-state index contributed by atoms with van der Waals surface area (Å²) in [6.45, 7) is 1.87. The Morgan fingerprint density at radius 3 is 2.43 bits per heavy atom. The summed E-state index contributed by atoms with van der Waals surface area (Å²) in [7, 11) is 1.55. The minimum Gasteiger partial charge on any atom is -0.347 e. The molecule has 3 aromatic rings. The number of carbonyl (C=O) groups is 2. The first-order chi connectivity index (χ1) is 13.5. The van der Waals surface area contributed by atoms with Crippen molar-refractivity contribution >= 4 is 28.3 Å². The lowest BCUT2D eigenvalue weighted by molar-refractivity contribution is -0.123. The monoisotopic (exact) mass is 378 g/mol. The van der Waals surface area contributed by atoms with Crippen LogP contribution in [-0.4, -0.2) is 28.1 Å². The lowest BCUT2D eigenvalue weighted by Gasteiger charge is -2.11. The SMILES string of the molecule is CCc1ccccc1NC(=O)CNC(=O)Cc1nn(C)c(=O)c2ccccc12. The maximum atomic E-state index is 12.3. The Morgan fingerprint density at radius 1 is 1.00 bits per heavy atom. The van der Waals surface area contributed by atoms with E-state index in [1.54, 1.807) is 31.3 Å². The van der Waals surface area contributed by atoms with Crippen molar-refractivity contribution in [3.8, 4) is 0 Å². The van der Waals surface area contributed by atoms with Gasteiger partial charge in [0, 0.05) is 18.1 Å². The van der Waals surface area contributed by atoms with Gasteiger partial charge in [-0.2, -0.15) is 5.10 Å². The van der Waals surface area contributed by atoms with Crippen LogP contribution in [-0.2, 0) is 29.5 Å². The molecule has 7 heteroatoms. The number of nitrogens with one attached hydrogen (secondary N) is 2. The summed E-state index contributed by atoms with van der Waals surface area (Å²) in [5.41, 5.74) is 2.05. The summed E-state index contributed by atoms with van der Waals surface area (Å²) in [6, 6.07) is 14.6. The van der Waals surface area contributed by atoms with Crippen molar-refractivity contribution in [3.05, 3.63) is 70.1 Å². The first-order valence-corrected chi connectivity index (χ1v) is 9.09. The molecule has 0 aliphatic carbocycles. The first-order valence-electron chi connectivity index (χ1n) is 9.09. The van der Waals surface area contributed by atoms with Crippen LogP contribution in [0, 0.1) is 0 Å². The number of carbonyl (C=O) groups excluding carboxylic acids is 2. The standard InChI is InChI=1S/C21H22N4O3/c1-3-14-8-4-7-11-17(14)23-20(27)13-22-19(26)12-18-15-9-5-6-10-16(15)21(28)25(2)24-18/h4-11H,3,12-13H2,1-2H3,(H,22,26)(H,23,27). The van der Waals surface area contributed by atoms with Crippen molar-refractivity contribution in [1.82, 2.24) is 15.1 Å². The summed E-state index contributed by atoms with van der Waals surface area (Å²) in [5.74, 6) is -0.636. The molecular formula is C21H22N4O3. The number of anilines is 1. The van der Waals surface area contributed by atoms with Crippen molar-refractivity contribution < 1.29 is 9.59 Å². The average Bonchev–Trinajstić information content (AvgIpc) is 2.71. The molecule has 0 bridgehead atoms. The van der Waals surface area contributed by atoms with E-state index in [9.17, 15) is 14.4 Å². The molecule has 2 aromatic carbocycles. The lowest BCUT2D eigenvalue weighted by Crippen LogP contribution is -2.34. The van der Waals surface area contributed by atoms with Gasteiger partial charge in [-0.1, -0.05) is 43.3 Å². The molecule has 0 radical (unpaired) electrons. The van der Waals surface area contributed by atoms with Gasteiger partial charge in [0.15, 0.2) is 0 Å². The van der Waals surface area contributed by atoms with Crippen LogP contribution in [0.25, 0.3) is 10.8 Å². The minimum atomic E-state index is -0.338. The Bertz CT molecular complexity index is 1090. The second-order valence-corrected chi connectivity index (χ2v) is 6.43. The van der Waals surface area contributed by atoms with Gasteiger partial charge in [0.25, 0.3) is 5.56 Å². The predicted octanol–water partition coefficient (Wildman–Crippen LogP) is 1.79. The molecule has 3 rings (SSSR count). The largest absolute Gasteiger partial charge is 0.347 e. The van der Waals surface area contributed by atoms with Crippen LogP contribution < -0.4 is 16.2 Å². The fourth-order valence-electron chi connectivity index (χ4n) is 3.04. The average molecular weight is 378 g/mol. The molecule has 0 atom stereocenters. The zero-order chi connectivity index (χ0) is 20.1. The molecule has 0 saturated carbocycles. The van der Waals surface area contributed by atoms with Crippen LogP contribution in [0.1, 0.15) is 18.2 Å². The molecule has 0 saturated heterocycles. The number of nitrogens with zero attached hydrogens (tertiary/aromatic N) is 2. The first kappa shape index (κ1) is 19.3. The summed E-state index contributed by atoms with van der Waals surface area (Å²) in [6.07, 6.45) is 0.780. The van der Waals surface area contributed by atoms with Gasteiger partial charge in [-0.3, -0.25) is 14.4 Å². The molecule has 1 heterocycles. The third-order valence-electron chi connectivity index (χ3n) is 4.48. The van der Waals surface area contributed by atoms with Gasteiger partial charge in [-0.05, 0) is 24.1 Å². The van der Waals surface area contributed by atoms with E-state index in [4.69, 9.17) is 0 Å². The zero-order valence-corrected chi connectivity index (χ0v) is 15.9. The van der Waals surface area contributed by atoms with Crippen molar-refractivity contribution in [3.63, 3.8) is 0 Å². The maximum absolute atomic E-state index is 12.3. The van der Waals surface area contributed by atoms with E-state index < -0.39 is 0 Å². The number of fused-ring (bicyclic) bond motifs is 1. The van der Waals surface area contributed by atoms with Gasteiger partial charge in [-0.25, -0.2) is 4.68 Å². The Kier molecular flexibility index (Phi) is 5.84. The quantitative estimate of drug-likeness (QED) is 0.684. The third kappa shape index (κ3) is 4.25. The Balaban J connectivity index is 1.65. The molecule has 2 amide bonds. The second kappa shape index (κ2) is 8.47. The van der Waals surface area contributed by atoms with Crippen LogP contribution in [0.4, 0.5) is 5.69 Å². The molecule has 0 spiro atoms. The normalized spacial score (nSPS) is 10.6. The van der Waals surface area contributed by atoms with Crippen molar-refractivity contribution in [2.45, 2.75) is 19.8 Å². The van der Waals surface area contributed by atoms with E-state index in [1.165, 1.54) is 4.68 Å². The van der Waals surface area contributed by atoms with Gasteiger partial charge < -0.3 is 10.6 Å². The van der Waals surface area contributed by atoms with Crippen LogP contribution in [0.15, 0.2) is 53.3 Å². The molecule has 0 fully saturated rings. The van der Waals surface area contributed by atoms with Gasteiger partial charge in [-0.15, -0.1) is 0 Å². The Morgan fingerprint density at radius 2 is 1.68 bits per heavy atom. The number of para-hydroxylation sites is 1. The highest BCUT2D eigenvalue weighted by molar-refractivity contribution is 5.96. The number of rotatable bonds is 6. The number of amides is 2. The van der Waals surface area contributed by atoms with Crippen molar-refractivity contribution in [2.24, 2.45) is 7.05 Å². The molecule has 0 unspecified atom stereocenters. The van der Waals surface area contributed by atoms with Gasteiger partial charge in [0.05, 0.1) is 24.0 Å². The Labute approximate surface area is 162 Å². The minimum absolute atomic E-state index is 0.0204. The topological polar surface area (TPSA) is 93.1 Å². The molecule has 0 aliphatic heterocycles. The van der Waals surface area contributed by atoms with Gasteiger partial charge >= 0.3 is 0 Å². The number of aromatic nitrogens is 2. The van der Waals surface area contributed by atoms with E-state index >= 15 is 0 Å². The highest BCUT2D eigenvalue weighted by Crippen LogP contribution is 2.15. The fraction of sp³-hybridized carbons (Fsp3) is 0.238. The molecule has 1 aromatic heterocycles. The van der Waals surface area contributed by atoms with E-state index in [1.807, 2.05) is 31.2 Å². The molecule has 0 aliphatic rings. The molecule has 2 N–H and O–H groups in total. The van der Waals surface area contributed by atoms with Gasteiger partial charge in [0.2, 0.25) is 11.8 Å². The number of aryl methyl sites for hydroxylation is 2. The zero-order valence-electron chi connectivity index (χ0n) is 15.9. The van der Waals surface area contributed by atoms with E-state index in [2.05, 4.69) is 15.7 Å². The smallest absolute Gasteiger partial charge is 0.274 e. The number of benzene rings is 2. The van der Waals surface area contributed by atoms with Crippen LogP contribution in [0.5, 0.6) is 0 Å². The summed E-state index contributed by atoms with van der Waals surface area (Å²) >= 11 is 0. The summed E-state index contributed by atoms with van der Waals surface area (Å²) in [5, 5.41) is 10.8. The van der Waals surface area contributed by atoms with Crippen molar-refractivity contribution in [1.29, 1.82) is 0 Å².